The standard InChI is InChI=1S/C31H40N4O2S/c1-2-33-20-25-7-3-6-10-30(25)31(23-33,26-8-4-5-9-26)27-15-17-35(18-16-27)38(36,37)29-21-34(22-29)28-13-11-24(19-32)12-14-28/h3,6-7,10-14,26-27,29H,2,4-5,8-9,15-18,20-23H2,1H3. The monoisotopic (exact) mass is 532 g/mol. The van der Waals surface area contributed by atoms with Crippen molar-refractivity contribution in [1.29, 1.82) is 5.26 Å². The summed E-state index contributed by atoms with van der Waals surface area (Å²) in [6.45, 7) is 7.83. The summed E-state index contributed by atoms with van der Waals surface area (Å²) in [5, 5.41) is 8.69. The van der Waals surface area contributed by atoms with Gasteiger partial charge in [0.15, 0.2) is 0 Å². The van der Waals surface area contributed by atoms with Gasteiger partial charge in [-0.3, -0.25) is 4.90 Å². The summed E-state index contributed by atoms with van der Waals surface area (Å²) < 4.78 is 29.0. The van der Waals surface area contributed by atoms with E-state index in [1.807, 2.05) is 12.1 Å². The van der Waals surface area contributed by atoms with Gasteiger partial charge in [0.05, 0.1) is 11.6 Å². The predicted molar refractivity (Wildman–Crippen MR) is 151 cm³/mol. The maximum atomic E-state index is 13.6. The fourth-order valence-electron chi connectivity index (χ4n) is 7.98. The van der Waals surface area contributed by atoms with Crippen LogP contribution in [0.5, 0.6) is 0 Å². The molecule has 1 atom stereocenters. The molecule has 1 saturated carbocycles. The normalized spacial score (nSPS) is 26.2. The quantitative estimate of drug-likeness (QED) is 0.537. The molecular formula is C31H40N4O2S. The van der Waals surface area contributed by atoms with Crippen molar-refractivity contribution in [2.75, 3.05) is 44.2 Å². The van der Waals surface area contributed by atoms with Gasteiger partial charge in [-0.25, -0.2) is 12.7 Å². The van der Waals surface area contributed by atoms with Gasteiger partial charge in [-0.15, -0.1) is 0 Å². The minimum atomic E-state index is -3.32. The van der Waals surface area contributed by atoms with Gasteiger partial charge >= 0.3 is 0 Å². The first-order valence-electron chi connectivity index (χ1n) is 14.5. The minimum absolute atomic E-state index is 0.139. The van der Waals surface area contributed by atoms with Crippen LogP contribution < -0.4 is 4.90 Å². The van der Waals surface area contributed by atoms with E-state index >= 15 is 0 Å². The Morgan fingerprint density at radius 3 is 2.26 bits per heavy atom. The minimum Gasteiger partial charge on any atom is -0.369 e. The van der Waals surface area contributed by atoms with Crippen LogP contribution in [0, 0.1) is 23.2 Å². The average molecular weight is 533 g/mol. The molecule has 38 heavy (non-hydrogen) atoms. The third kappa shape index (κ3) is 4.35. The van der Waals surface area contributed by atoms with Crippen LogP contribution in [-0.4, -0.2) is 62.1 Å². The van der Waals surface area contributed by atoms with E-state index in [4.69, 9.17) is 5.26 Å². The molecule has 1 aliphatic carbocycles. The van der Waals surface area contributed by atoms with Gasteiger partial charge in [0.1, 0.15) is 5.25 Å². The number of piperidine rings is 1. The van der Waals surface area contributed by atoms with Crippen LogP contribution in [0.2, 0.25) is 0 Å². The third-order valence-corrected chi connectivity index (χ3v) is 12.3. The average Bonchev–Trinajstić information content (AvgIpc) is 3.47. The SMILES string of the molecule is CCN1Cc2ccccc2C(C2CCCC2)(C2CCN(S(=O)(=O)C3CN(c4ccc(C#N)cc4)C3)CC2)C1. The van der Waals surface area contributed by atoms with E-state index in [1.54, 1.807) is 22.0 Å². The summed E-state index contributed by atoms with van der Waals surface area (Å²) in [6, 6.07) is 18.7. The maximum Gasteiger partial charge on any atom is 0.220 e. The molecule has 3 fully saturated rings. The van der Waals surface area contributed by atoms with E-state index < -0.39 is 10.0 Å². The van der Waals surface area contributed by atoms with Gasteiger partial charge in [0.2, 0.25) is 10.0 Å². The molecule has 0 amide bonds. The van der Waals surface area contributed by atoms with E-state index in [-0.39, 0.29) is 10.7 Å². The lowest BCUT2D eigenvalue weighted by molar-refractivity contribution is 0.0532. The van der Waals surface area contributed by atoms with Gasteiger partial charge in [-0.2, -0.15) is 5.26 Å². The molecule has 2 aromatic rings. The number of sulfonamides is 1. The Bertz CT molecular complexity index is 1280. The summed E-state index contributed by atoms with van der Waals surface area (Å²) >= 11 is 0. The molecule has 3 aliphatic heterocycles. The number of benzene rings is 2. The number of fused-ring (bicyclic) bond motifs is 1. The van der Waals surface area contributed by atoms with Crippen LogP contribution in [0.3, 0.4) is 0 Å². The molecule has 3 heterocycles. The fourth-order valence-corrected chi connectivity index (χ4v) is 9.86. The van der Waals surface area contributed by atoms with E-state index in [1.165, 1.54) is 31.2 Å². The first-order valence-corrected chi connectivity index (χ1v) is 16.0. The lowest BCUT2D eigenvalue weighted by atomic mass is 9.57. The number of anilines is 1. The second-order valence-electron chi connectivity index (χ2n) is 11.9. The fraction of sp³-hybridized carbons (Fsp3) is 0.581. The maximum absolute atomic E-state index is 13.6. The van der Waals surface area contributed by atoms with E-state index in [0.717, 1.165) is 38.2 Å². The molecule has 2 aromatic carbocycles. The van der Waals surface area contributed by atoms with Crippen LogP contribution in [0.1, 0.15) is 62.1 Å². The van der Waals surface area contributed by atoms with Crippen molar-refractivity contribution in [2.45, 2.75) is 62.7 Å². The molecule has 0 bridgehead atoms. The summed E-state index contributed by atoms with van der Waals surface area (Å²) in [5.74, 6) is 1.21. The Kier molecular flexibility index (Phi) is 7.00. The zero-order valence-corrected chi connectivity index (χ0v) is 23.4. The van der Waals surface area contributed by atoms with Gasteiger partial charge in [-0.05, 0) is 79.5 Å². The Morgan fingerprint density at radius 2 is 1.61 bits per heavy atom. The van der Waals surface area contributed by atoms with Crippen molar-refractivity contribution in [3.05, 3.63) is 65.2 Å². The number of likely N-dealkylation sites (N-methyl/N-ethyl adjacent to an activating group) is 1. The molecule has 0 aromatic heterocycles. The van der Waals surface area contributed by atoms with Crippen molar-refractivity contribution < 1.29 is 8.42 Å². The highest BCUT2D eigenvalue weighted by Crippen LogP contribution is 2.53. The van der Waals surface area contributed by atoms with Crippen LogP contribution in [0.4, 0.5) is 5.69 Å². The van der Waals surface area contributed by atoms with Gasteiger partial charge in [0, 0.05) is 50.4 Å². The molecular weight excluding hydrogens is 492 g/mol. The molecule has 1 unspecified atom stereocenters. The molecule has 4 aliphatic rings. The first kappa shape index (κ1) is 25.9. The topological polar surface area (TPSA) is 67.7 Å². The van der Waals surface area contributed by atoms with Crippen molar-refractivity contribution in [2.24, 2.45) is 11.8 Å². The largest absolute Gasteiger partial charge is 0.369 e. The Hall–Kier alpha value is -2.40. The molecule has 0 N–H and O–H groups in total. The number of nitrogens with zero attached hydrogens (tertiary/aromatic N) is 4. The van der Waals surface area contributed by atoms with Crippen LogP contribution in [0.25, 0.3) is 0 Å². The molecule has 202 valence electrons. The number of rotatable bonds is 6. The van der Waals surface area contributed by atoms with E-state index in [0.29, 0.717) is 43.6 Å². The number of hydrogen-bond acceptors (Lipinski definition) is 5. The molecule has 0 radical (unpaired) electrons. The van der Waals surface area contributed by atoms with Crippen LogP contribution in [0.15, 0.2) is 48.5 Å². The van der Waals surface area contributed by atoms with Crippen molar-refractivity contribution >= 4 is 15.7 Å². The lowest BCUT2D eigenvalue weighted by Gasteiger charge is -2.54. The molecule has 0 spiro atoms. The molecule has 6 rings (SSSR count). The van der Waals surface area contributed by atoms with Crippen LogP contribution >= 0.6 is 0 Å². The second kappa shape index (κ2) is 10.3. The first-order chi connectivity index (χ1) is 18.5. The second-order valence-corrected chi connectivity index (χ2v) is 14.1. The lowest BCUT2D eigenvalue weighted by Crippen LogP contribution is -2.60. The summed E-state index contributed by atoms with van der Waals surface area (Å²) in [6.07, 6.45) is 7.16. The van der Waals surface area contributed by atoms with E-state index in [2.05, 4.69) is 47.1 Å². The summed E-state index contributed by atoms with van der Waals surface area (Å²) in [7, 11) is -3.32. The zero-order chi connectivity index (χ0) is 26.3. The summed E-state index contributed by atoms with van der Waals surface area (Å²) in [5.41, 5.74) is 4.80. The third-order valence-electron chi connectivity index (χ3n) is 10.1. The smallest absolute Gasteiger partial charge is 0.220 e. The van der Waals surface area contributed by atoms with Crippen molar-refractivity contribution in [1.82, 2.24) is 9.21 Å². The Balaban J connectivity index is 1.18. The molecule has 2 saturated heterocycles. The zero-order valence-electron chi connectivity index (χ0n) is 22.6. The van der Waals surface area contributed by atoms with Crippen LogP contribution in [-0.2, 0) is 22.0 Å². The molecule has 7 heteroatoms. The molecule has 6 nitrogen and oxygen atoms in total. The van der Waals surface area contributed by atoms with Crippen molar-refractivity contribution in [3.63, 3.8) is 0 Å². The predicted octanol–water partition coefficient (Wildman–Crippen LogP) is 4.75. The highest BCUT2D eigenvalue weighted by Gasteiger charge is 2.52. The number of nitriles is 1. The Morgan fingerprint density at radius 1 is 0.947 bits per heavy atom. The van der Waals surface area contributed by atoms with Gasteiger partial charge in [0.25, 0.3) is 0 Å². The summed E-state index contributed by atoms with van der Waals surface area (Å²) in [4.78, 5) is 4.74. The highest BCUT2D eigenvalue weighted by molar-refractivity contribution is 7.89. The number of hydrogen-bond donors (Lipinski definition) is 0. The Labute approximate surface area is 228 Å². The highest BCUT2D eigenvalue weighted by atomic mass is 32.2. The van der Waals surface area contributed by atoms with E-state index in [9.17, 15) is 8.42 Å². The van der Waals surface area contributed by atoms with Gasteiger partial charge < -0.3 is 4.90 Å². The van der Waals surface area contributed by atoms with Gasteiger partial charge in [-0.1, -0.05) is 44.0 Å². The van der Waals surface area contributed by atoms with Crippen molar-refractivity contribution in [3.8, 4) is 6.07 Å².